The third-order valence-corrected chi connectivity index (χ3v) is 6.29. The monoisotopic (exact) mass is 349 g/mol. The molecule has 7 nitrogen and oxygen atoms in total. The highest BCUT2D eigenvalue weighted by atomic mass is 32.2. The minimum atomic E-state index is -3.55. The van der Waals surface area contributed by atoms with Gasteiger partial charge in [0.2, 0.25) is 10.0 Å². The summed E-state index contributed by atoms with van der Waals surface area (Å²) >= 11 is 0. The molecule has 0 bridgehead atoms. The van der Waals surface area contributed by atoms with Crippen LogP contribution in [-0.4, -0.2) is 48.8 Å². The zero-order valence-electron chi connectivity index (χ0n) is 13.4. The second-order valence-electron chi connectivity index (χ2n) is 6.04. The van der Waals surface area contributed by atoms with Gasteiger partial charge in [0.1, 0.15) is 5.75 Å². The van der Waals surface area contributed by atoms with Crippen molar-refractivity contribution < 1.29 is 17.9 Å². The summed E-state index contributed by atoms with van der Waals surface area (Å²) in [5.41, 5.74) is 1.84. The SMILES string of the molecule is Cn1cc(C2CN(S(=O)(=O)c3ccc4c(c3)CCO4)CCO2)cn1. The van der Waals surface area contributed by atoms with Crippen LogP contribution in [0.5, 0.6) is 5.75 Å². The minimum Gasteiger partial charge on any atom is -0.493 e. The highest BCUT2D eigenvalue weighted by molar-refractivity contribution is 7.89. The maximum atomic E-state index is 13.0. The van der Waals surface area contributed by atoms with Gasteiger partial charge in [0, 0.05) is 38.3 Å². The lowest BCUT2D eigenvalue weighted by molar-refractivity contribution is -0.00259. The van der Waals surface area contributed by atoms with Crippen LogP contribution in [0.15, 0.2) is 35.5 Å². The fraction of sp³-hybridized carbons (Fsp3) is 0.438. The number of sulfonamides is 1. The predicted octanol–water partition coefficient (Wildman–Crippen LogP) is 1.12. The molecule has 0 saturated carbocycles. The van der Waals surface area contributed by atoms with Crippen molar-refractivity contribution in [1.82, 2.24) is 14.1 Å². The topological polar surface area (TPSA) is 73.7 Å². The molecule has 0 radical (unpaired) electrons. The lowest BCUT2D eigenvalue weighted by Gasteiger charge is -2.31. The van der Waals surface area contributed by atoms with Gasteiger partial charge in [-0.1, -0.05) is 0 Å². The van der Waals surface area contributed by atoms with Gasteiger partial charge >= 0.3 is 0 Å². The van der Waals surface area contributed by atoms with Crippen LogP contribution in [0.1, 0.15) is 17.2 Å². The zero-order valence-corrected chi connectivity index (χ0v) is 14.2. The molecule has 3 heterocycles. The highest BCUT2D eigenvalue weighted by Crippen LogP contribution is 2.31. The third kappa shape index (κ3) is 2.70. The molecule has 0 N–H and O–H groups in total. The molecule has 1 fully saturated rings. The van der Waals surface area contributed by atoms with E-state index in [4.69, 9.17) is 9.47 Å². The Morgan fingerprint density at radius 3 is 2.96 bits per heavy atom. The Morgan fingerprint density at radius 2 is 2.17 bits per heavy atom. The largest absolute Gasteiger partial charge is 0.493 e. The van der Waals surface area contributed by atoms with Gasteiger partial charge in [-0.3, -0.25) is 4.68 Å². The molecule has 8 heteroatoms. The van der Waals surface area contributed by atoms with Crippen molar-refractivity contribution >= 4 is 10.0 Å². The smallest absolute Gasteiger partial charge is 0.243 e. The number of ether oxygens (including phenoxy) is 2. The van der Waals surface area contributed by atoms with E-state index in [1.165, 1.54) is 4.31 Å². The van der Waals surface area contributed by atoms with E-state index in [2.05, 4.69) is 5.10 Å². The molecule has 2 aromatic rings. The summed E-state index contributed by atoms with van der Waals surface area (Å²) in [4.78, 5) is 0.318. The zero-order chi connectivity index (χ0) is 16.7. The van der Waals surface area contributed by atoms with E-state index < -0.39 is 10.0 Å². The van der Waals surface area contributed by atoms with Crippen molar-refractivity contribution in [3.05, 3.63) is 41.7 Å². The molecule has 0 spiro atoms. The summed E-state index contributed by atoms with van der Waals surface area (Å²) in [6.07, 6.45) is 4.03. The Labute approximate surface area is 140 Å². The number of aromatic nitrogens is 2. The Balaban J connectivity index is 1.59. The average molecular weight is 349 g/mol. The molecule has 1 unspecified atom stereocenters. The minimum absolute atomic E-state index is 0.292. The van der Waals surface area contributed by atoms with Crippen LogP contribution in [0.4, 0.5) is 0 Å². The molecule has 1 atom stereocenters. The van der Waals surface area contributed by atoms with Gasteiger partial charge in [0.15, 0.2) is 0 Å². The van der Waals surface area contributed by atoms with Crippen LogP contribution in [0.3, 0.4) is 0 Å². The van der Waals surface area contributed by atoms with E-state index in [0.717, 1.165) is 23.3 Å². The first-order valence-corrected chi connectivity index (χ1v) is 9.34. The molecule has 1 saturated heterocycles. The molecule has 24 heavy (non-hydrogen) atoms. The van der Waals surface area contributed by atoms with E-state index in [-0.39, 0.29) is 6.10 Å². The number of fused-ring (bicyclic) bond motifs is 1. The third-order valence-electron chi connectivity index (χ3n) is 4.42. The van der Waals surface area contributed by atoms with Crippen molar-refractivity contribution in [3.63, 3.8) is 0 Å². The first-order valence-electron chi connectivity index (χ1n) is 7.90. The standard InChI is InChI=1S/C16H19N3O4S/c1-18-10-13(9-17-18)16-11-19(5-7-23-16)24(20,21)14-2-3-15-12(8-14)4-6-22-15/h2-3,8-10,16H,4-7,11H2,1H3. The normalized spacial score (nSPS) is 21.5. The summed E-state index contributed by atoms with van der Waals surface area (Å²) in [6, 6.07) is 5.09. The quantitative estimate of drug-likeness (QED) is 0.830. The summed E-state index contributed by atoms with van der Waals surface area (Å²) in [5.74, 6) is 0.782. The van der Waals surface area contributed by atoms with Gasteiger partial charge in [-0.15, -0.1) is 0 Å². The second-order valence-corrected chi connectivity index (χ2v) is 7.98. The maximum Gasteiger partial charge on any atom is 0.243 e. The van der Waals surface area contributed by atoms with Crippen LogP contribution in [0.2, 0.25) is 0 Å². The predicted molar refractivity (Wildman–Crippen MR) is 86.3 cm³/mol. The molecule has 4 rings (SSSR count). The van der Waals surface area contributed by atoms with Crippen LogP contribution in [-0.2, 0) is 28.2 Å². The van der Waals surface area contributed by atoms with Gasteiger partial charge in [0.05, 0.1) is 30.4 Å². The number of aryl methyl sites for hydroxylation is 1. The Bertz CT molecular complexity index is 862. The van der Waals surface area contributed by atoms with Gasteiger partial charge in [0.25, 0.3) is 0 Å². The van der Waals surface area contributed by atoms with Crippen LogP contribution in [0.25, 0.3) is 0 Å². The Morgan fingerprint density at radius 1 is 1.29 bits per heavy atom. The van der Waals surface area contributed by atoms with E-state index >= 15 is 0 Å². The molecule has 0 amide bonds. The van der Waals surface area contributed by atoms with E-state index in [9.17, 15) is 8.42 Å². The fourth-order valence-corrected chi connectivity index (χ4v) is 4.60. The summed E-state index contributed by atoms with van der Waals surface area (Å²) < 4.78 is 40.3. The number of benzene rings is 1. The second kappa shape index (κ2) is 5.87. The molecule has 2 aliphatic rings. The molecule has 128 valence electrons. The highest BCUT2D eigenvalue weighted by Gasteiger charge is 2.32. The number of hydrogen-bond donors (Lipinski definition) is 0. The molecular formula is C16H19N3O4S. The van der Waals surface area contributed by atoms with Gasteiger partial charge in [-0.05, 0) is 23.8 Å². The maximum absolute atomic E-state index is 13.0. The number of rotatable bonds is 3. The first-order chi connectivity index (χ1) is 11.5. The fourth-order valence-electron chi connectivity index (χ4n) is 3.12. The number of hydrogen-bond acceptors (Lipinski definition) is 5. The molecular weight excluding hydrogens is 330 g/mol. The van der Waals surface area contributed by atoms with E-state index in [1.54, 1.807) is 29.1 Å². The van der Waals surface area contributed by atoms with Gasteiger partial charge in [-0.2, -0.15) is 9.40 Å². The number of morpholine rings is 1. The Kier molecular flexibility index (Phi) is 3.82. The molecule has 1 aromatic heterocycles. The lowest BCUT2D eigenvalue weighted by Crippen LogP contribution is -2.42. The van der Waals surface area contributed by atoms with Crippen molar-refractivity contribution in [2.45, 2.75) is 17.4 Å². The molecule has 2 aliphatic heterocycles. The first kappa shape index (κ1) is 15.6. The number of nitrogens with zero attached hydrogens (tertiary/aromatic N) is 3. The van der Waals surface area contributed by atoms with Gasteiger partial charge < -0.3 is 9.47 Å². The summed E-state index contributed by atoms with van der Waals surface area (Å²) in [5, 5.41) is 4.13. The summed E-state index contributed by atoms with van der Waals surface area (Å²) in [6.45, 7) is 1.63. The van der Waals surface area contributed by atoms with E-state index in [0.29, 0.717) is 31.2 Å². The lowest BCUT2D eigenvalue weighted by atomic mass is 10.2. The van der Waals surface area contributed by atoms with Crippen molar-refractivity contribution in [1.29, 1.82) is 0 Å². The molecule has 1 aromatic carbocycles. The van der Waals surface area contributed by atoms with Crippen LogP contribution >= 0.6 is 0 Å². The molecule has 0 aliphatic carbocycles. The van der Waals surface area contributed by atoms with Crippen LogP contribution in [0, 0.1) is 0 Å². The van der Waals surface area contributed by atoms with Gasteiger partial charge in [-0.25, -0.2) is 8.42 Å². The van der Waals surface area contributed by atoms with Crippen molar-refractivity contribution in [3.8, 4) is 5.75 Å². The van der Waals surface area contributed by atoms with Crippen molar-refractivity contribution in [2.75, 3.05) is 26.3 Å². The van der Waals surface area contributed by atoms with Crippen molar-refractivity contribution in [2.24, 2.45) is 7.05 Å². The average Bonchev–Trinajstić information content (AvgIpc) is 3.23. The van der Waals surface area contributed by atoms with Crippen LogP contribution < -0.4 is 4.74 Å². The Hall–Kier alpha value is -1.90. The summed E-state index contributed by atoms with van der Waals surface area (Å²) in [7, 11) is -1.72. The van der Waals surface area contributed by atoms with E-state index in [1.807, 2.05) is 13.2 Å².